The largest absolute Gasteiger partial charge is 0.507 e. The van der Waals surface area contributed by atoms with E-state index < -0.39 is 0 Å². The van der Waals surface area contributed by atoms with Gasteiger partial charge in [-0.3, -0.25) is 14.5 Å². The summed E-state index contributed by atoms with van der Waals surface area (Å²) in [4.78, 5) is 27.7. The minimum atomic E-state index is -0.191. The number of ketones is 1. The van der Waals surface area contributed by atoms with Crippen LogP contribution in [0.1, 0.15) is 46.4 Å². The van der Waals surface area contributed by atoms with Gasteiger partial charge in [-0.05, 0) is 61.2 Å². The third-order valence-electron chi connectivity index (χ3n) is 7.34. The van der Waals surface area contributed by atoms with Gasteiger partial charge >= 0.3 is 0 Å². The predicted molar refractivity (Wildman–Crippen MR) is 135 cm³/mol. The van der Waals surface area contributed by atoms with E-state index >= 15 is 0 Å². The molecule has 1 N–H and O–H groups in total. The molecule has 0 amide bonds. The van der Waals surface area contributed by atoms with E-state index in [9.17, 15) is 14.7 Å². The first-order chi connectivity index (χ1) is 17.5. The Hall–Kier alpha value is -3.84. The number of hydrogen-bond donors (Lipinski definition) is 1. The lowest BCUT2D eigenvalue weighted by Crippen LogP contribution is -2.46. The number of phenolic OH excluding ortho intramolecular Hbond substituents is 1. The average molecular weight is 485 g/mol. The molecule has 2 bridgehead atoms. The van der Waals surface area contributed by atoms with Crippen LogP contribution in [0.4, 0.5) is 0 Å². The first-order valence-electron chi connectivity index (χ1n) is 12.4. The first kappa shape index (κ1) is 22.6. The van der Waals surface area contributed by atoms with Gasteiger partial charge in [0.05, 0.1) is 17.7 Å². The number of Topliss-reactive ketones (excluding diaryl/α,β-unsaturated/α-hetero) is 1. The summed E-state index contributed by atoms with van der Waals surface area (Å²) in [6.07, 6.45) is 2.78. The number of likely N-dealkylation sites (tertiary alicyclic amines) is 1. The smallest absolute Gasteiger partial charge is 0.250 e. The molecule has 3 aliphatic heterocycles. The lowest BCUT2D eigenvalue weighted by molar-refractivity contribution is 0.101. The van der Waals surface area contributed by atoms with E-state index in [4.69, 9.17) is 9.47 Å². The number of allylic oxidation sites excluding steroid dienone is 1. The highest BCUT2D eigenvalue weighted by Gasteiger charge is 2.36. The fraction of sp³-hybridized carbons (Fsp3) is 0.310. The third kappa shape index (κ3) is 3.99. The summed E-state index contributed by atoms with van der Waals surface area (Å²) in [5.74, 6) is 2.01. The van der Waals surface area contributed by atoms with Crippen LogP contribution >= 0.6 is 0 Å². The Bertz CT molecular complexity index is 1420. The van der Waals surface area contributed by atoms with Gasteiger partial charge in [-0.2, -0.15) is 0 Å². The fourth-order valence-corrected chi connectivity index (χ4v) is 5.78. The van der Waals surface area contributed by atoms with Crippen molar-refractivity contribution in [3.8, 4) is 17.2 Å². The van der Waals surface area contributed by atoms with E-state index in [-0.39, 0.29) is 28.8 Å². The molecule has 2 atom stereocenters. The summed E-state index contributed by atoms with van der Waals surface area (Å²) in [6, 6.07) is 16.2. The van der Waals surface area contributed by atoms with Crippen molar-refractivity contribution < 1.29 is 19.4 Å². The minimum Gasteiger partial charge on any atom is -0.507 e. The molecule has 184 valence electrons. The summed E-state index contributed by atoms with van der Waals surface area (Å²) in [6.45, 7) is 5.32. The van der Waals surface area contributed by atoms with E-state index in [0.29, 0.717) is 42.5 Å². The Morgan fingerprint density at radius 3 is 2.69 bits per heavy atom. The molecular weight excluding hydrogens is 456 g/mol. The molecule has 0 radical (unpaired) electrons. The van der Waals surface area contributed by atoms with Crippen molar-refractivity contribution in [3.63, 3.8) is 0 Å². The molecule has 4 heterocycles. The molecule has 1 aromatic heterocycles. The molecule has 1 saturated heterocycles. The van der Waals surface area contributed by atoms with Crippen molar-refractivity contribution in [1.29, 1.82) is 0 Å². The Balaban J connectivity index is 1.25. The number of carbonyl (C=O) groups is 1. The Morgan fingerprint density at radius 1 is 1.06 bits per heavy atom. The van der Waals surface area contributed by atoms with Gasteiger partial charge in [0.15, 0.2) is 5.76 Å². The van der Waals surface area contributed by atoms with Crippen molar-refractivity contribution >= 4 is 11.9 Å². The molecule has 0 aliphatic carbocycles. The molecule has 0 spiro atoms. The molecule has 3 aliphatic rings. The highest BCUT2D eigenvalue weighted by Crippen LogP contribution is 2.42. The van der Waals surface area contributed by atoms with Gasteiger partial charge < -0.3 is 19.1 Å². The molecule has 2 aromatic carbocycles. The number of phenols is 1. The topological polar surface area (TPSA) is 81.0 Å². The van der Waals surface area contributed by atoms with Crippen molar-refractivity contribution in [2.24, 2.45) is 5.92 Å². The van der Waals surface area contributed by atoms with Gasteiger partial charge in [0.2, 0.25) is 5.78 Å². The van der Waals surface area contributed by atoms with Gasteiger partial charge in [0.1, 0.15) is 17.2 Å². The van der Waals surface area contributed by atoms with Crippen LogP contribution in [0.2, 0.25) is 0 Å². The fourth-order valence-electron chi connectivity index (χ4n) is 5.78. The molecule has 3 aromatic rings. The molecule has 6 rings (SSSR count). The van der Waals surface area contributed by atoms with E-state index in [1.165, 1.54) is 0 Å². The molecule has 0 saturated carbocycles. The van der Waals surface area contributed by atoms with Crippen LogP contribution in [0.25, 0.3) is 6.08 Å². The van der Waals surface area contributed by atoms with E-state index in [2.05, 4.69) is 4.90 Å². The van der Waals surface area contributed by atoms with Crippen LogP contribution < -0.4 is 15.0 Å². The number of hydrogen-bond acceptors (Lipinski definition) is 6. The van der Waals surface area contributed by atoms with E-state index in [0.717, 1.165) is 36.5 Å². The van der Waals surface area contributed by atoms with Gasteiger partial charge in [0.25, 0.3) is 5.56 Å². The van der Waals surface area contributed by atoms with Crippen LogP contribution in [0.15, 0.2) is 65.2 Å². The number of pyridine rings is 1. The second kappa shape index (κ2) is 8.99. The number of aromatic hydroxyl groups is 1. The normalized spacial score (nSPS) is 21.7. The SMILES string of the molecule is CCOc1ccc(/C=C2\Oc3c(ccc(O)c3CN3CC4CC(C3)c3cccc(=O)n3C4)C2=O)cc1. The summed E-state index contributed by atoms with van der Waals surface area (Å²) in [7, 11) is 0. The molecule has 7 nitrogen and oxygen atoms in total. The summed E-state index contributed by atoms with van der Waals surface area (Å²) >= 11 is 0. The molecular formula is C29H28N2O5. The Labute approximate surface area is 209 Å². The number of piperidine rings is 1. The highest BCUT2D eigenvalue weighted by atomic mass is 16.5. The van der Waals surface area contributed by atoms with E-state index in [1.807, 2.05) is 47.9 Å². The first-order valence-corrected chi connectivity index (χ1v) is 12.4. The van der Waals surface area contributed by atoms with Gasteiger partial charge in [0, 0.05) is 43.9 Å². The standard InChI is InChI=1S/C29H28N2O5/c1-2-35-21-8-6-18(7-9-21)13-26-28(34)22-10-11-25(32)23(29(22)36-26)17-30-14-19-12-20(16-30)24-4-3-5-27(33)31(24)15-19/h3-11,13,19-20,32H,2,12,14-17H2,1H3/b26-13-. The van der Waals surface area contributed by atoms with Crippen molar-refractivity contribution in [2.75, 3.05) is 19.7 Å². The molecule has 7 heteroatoms. The van der Waals surface area contributed by atoms with Crippen molar-refractivity contribution in [1.82, 2.24) is 9.47 Å². The van der Waals surface area contributed by atoms with Crippen molar-refractivity contribution in [3.05, 3.63) is 93.1 Å². The average Bonchev–Trinajstić information content (AvgIpc) is 3.18. The van der Waals surface area contributed by atoms with Gasteiger partial charge in [-0.25, -0.2) is 0 Å². The van der Waals surface area contributed by atoms with Crippen LogP contribution in [0, 0.1) is 5.92 Å². The number of nitrogens with zero attached hydrogens (tertiary/aromatic N) is 2. The van der Waals surface area contributed by atoms with Gasteiger partial charge in [-0.1, -0.05) is 18.2 Å². The number of carbonyl (C=O) groups excluding carboxylic acids is 1. The summed E-state index contributed by atoms with van der Waals surface area (Å²) < 4.78 is 13.5. The van der Waals surface area contributed by atoms with Crippen LogP contribution in [-0.4, -0.2) is 40.1 Å². The lowest BCUT2D eigenvalue weighted by Gasteiger charge is -2.42. The van der Waals surface area contributed by atoms with Crippen molar-refractivity contribution in [2.45, 2.75) is 32.4 Å². The molecule has 1 fully saturated rings. The lowest BCUT2D eigenvalue weighted by atomic mass is 9.83. The number of ether oxygens (including phenoxy) is 2. The van der Waals surface area contributed by atoms with Gasteiger partial charge in [-0.15, -0.1) is 0 Å². The second-order valence-electron chi connectivity index (χ2n) is 9.77. The number of fused-ring (bicyclic) bond motifs is 5. The van der Waals surface area contributed by atoms with Crippen LogP contribution in [0.5, 0.6) is 17.2 Å². The van der Waals surface area contributed by atoms with Crippen LogP contribution in [0.3, 0.4) is 0 Å². The number of aromatic nitrogens is 1. The Kier molecular flexibility index (Phi) is 5.64. The zero-order valence-corrected chi connectivity index (χ0v) is 20.1. The monoisotopic (exact) mass is 484 g/mol. The molecule has 2 unspecified atom stereocenters. The zero-order chi connectivity index (χ0) is 24.8. The third-order valence-corrected chi connectivity index (χ3v) is 7.34. The predicted octanol–water partition coefficient (Wildman–Crippen LogP) is 4.19. The maximum atomic E-state index is 13.1. The quantitative estimate of drug-likeness (QED) is 0.547. The summed E-state index contributed by atoms with van der Waals surface area (Å²) in [5, 5.41) is 10.7. The molecule has 36 heavy (non-hydrogen) atoms. The maximum Gasteiger partial charge on any atom is 0.250 e. The minimum absolute atomic E-state index is 0.0629. The highest BCUT2D eigenvalue weighted by molar-refractivity contribution is 6.15. The number of rotatable bonds is 5. The summed E-state index contributed by atoms with van der Waals surface area (Å²) in [5.41, 5.74) is 3.07. The van der Waals surface area contributed by atoms with Crippen LogP contribution in [-0.2, 0) is 13.1 Å². The number of benzene rings is 2. The van der Waals surface area contributed by atoms with E-state index in [1.54, 1.807) is 24.3 Å². The maximum absolute atomic E-state index is 13.1. The Morgan fingerprint density at radius 2 is 1.89 bits per heavy atom. The zero-order valence-electron chi connectivity index (χ0n) is 20.1. The second-order valence-corrected chi connectivity index (χ2v) is 9.77.